The number of hydrogen-bond acceptors (Lipinski definition) is 9. The Balaban J connectivity index is 2.11. The van der Waals surface area contributed by atoms with Gasteiger partial charge >= 0.3 is 5.69 Å². The maximum Gasteiger partial charge on any atom is 0.321 e. The normalized spacial score (nSPS) is 10.6. The number of nitrogens with one attached hydrogen (secondary N) is 1. The zero-order valence-electron chi connectivity index (χ0n) is 15.3. The second kappa shape index (κ2) is 9.12. The van der Waals surface area contributed by atoms with Crippen LogP contribution in [0, 0.1) is 27.2 Å². The minimum atomic E-state index is -0.887. The average Bonchev–Trinajstić information content (AvgIpc) is 2.68. The maximum atomic E-state index is 11.9. The highest BCUT2D eigenvalue weighted by Gasteiger charge is 2.27. The highest BCUT2D eigenvalue weighted by molar-refractivity contribution is 5.86. The lowest BCUT2D eigenvalue weighted by Crippen LogP contribution is -2.25. The molecule has 12 heteroatoms. The number of benzene rings is 2. The molecule has 0 fully saturated rings. The lowest BCUT2D eigenvalue weighted by Gasteiger charge is -2.10. The van der Waals surface area contributed by atoms with Gasteiger partial charge in [-0.25, -0.2) is 5.43 Å². The lowest BCUT2D eigenvalue weighted by atomic mass is 10.1. The van der Waals surface area contributed by atoms with Gasteiger partial charge in [0.1, 0.15) is 5.75 Å². The maximum absolute atomic E-state index is 11.9. The summed E-state index contributed by atoms with van der Waals surface area (Å²) in [5, 5.41) is 35.6. The zero-order valence-corrected chi connectivity index (χ0v) is 15.3. The molecule has 0 aliphatic rings. The SMILES string of the molecule is COc1cc([N+](=O)[O-])cc([N+](=O)[O-])c1OCC(=O)N/N=C/c1cccc(C)c1O. The minimum absolute atomic E-state index is 0.00740. The highest BCUT2D eigenvalue weighted by atomic mass is 16.6. The fourth-order valence-electron chi connectivity index (χ4n) is 2.24. The molecule has 0 aliphatic heterocycles. The second-order valence-corrected chi connectivity index (χ2v) is 5.61. The number of nitro benzene ring substituents is 2. The number of ether oxygens (including phenoxy) is 2. The van der Waals surface area contributed by atoms with Crippen LogP contribution in [-0.2, 0) is 4.79 Å². The number of methoxy groups -OCH3 is 1. The summed E-state index contributed by atoms with van der Waals surface area (Å²) in [6.45, 7) is 1.02. The van der Waals surface area contributed by atoms with Crippen LogP contribution in [0.15, 0.2) is 35.4 Å². The van der Waals surface area contributed by atoms with Crippen molar-refractivity contribution in [2.75, 3.05) is 13.7 Å². The van der Waals surface area contributed by atoms with Crippen LogP contribution in [0.4, 0.5) is 11.4 Å². The van der Waals surface area contributed by atoms with Crippen LogP contribution in [-0.4, -0.2) is 40.8 Å². The standard InChI is InChI=1S/C17H16N4O8/c1-10-4-3-5-11(16(10)23)8-18-19-15(22)9-29-17-13(21(26)27)6-12(20(24)25)7-14(17)28-2/h3-8,23H,9H2,1-2H3,(H,19,22)/b18-8+. The van der Waals surface area contributed by atoms with Crippen LogP contribution in [0.25, 0.3) is 0 Å². The van der Waals surface area contributed by atoms with E-state index in [1.165, 1.54) is 6.21 Å². The molecule has 1 amide bonds. The lowest BCUT2D eigenvalue weighted by molar-refractivity contribution is -0.394. The summed E-state index contributed by atoms with van der Waals surface area (Å²) in [6, 6.07) is 6.62. The van der Waals surface area contributed by atoms with E-state index in [9.17, 15) is 30.1 Å². The molecule has 2 aromatic carbocycles. The van der Waals surface area contributed by atoms with E-state index in [1.807, 2.05) is 0 Å². The summed E-state index contributed by atoms with van der Waals surface area (Å²) in [4.78, 5) is 32.3. The van der Waals surface area contributed by atoms with Crippen LogP contribution in [0.3, 0.4) is 0 Å². The first-order chi connectivity index (χ1) is 13.7. The van der Waals surface area contributed by atoms with Gasteiger partial charge in [-0.3, -0.25) is 25.0 Å². The van der Waals surface area contributed by atoms with Crippen LogP contribution in [0.2, 0.25) is 0 Å². The van der Waals surface area contributed by atoms with Crippen molar-refractivity contribution in [1.82, 2.24) is 5.43 Å². The van der Waals surface area contributed by atoms with Crippen LogP contribution < -0.4 is 14.9 Å². The zero-order chi connectivity index (χ0) is 21.6. The molecule has 0 saturated heterocycles. The number of aromatic hydroxyl groups is 1. The number of carbonyl (C=O) groups is 1. The van der Waals surface area contributed by atoms with Crippen molar-refractivity contribution >= 4 is 23.5 Å². The molecular weight excluding hydrogens is 388 g/mol. The molecule has 2 N–H and O–H groups in total. The van der Waals surface area contributed by atoms with Crippen LogP contribution in [0.1, 0.15) is 11.1 Å². The molecule has 0 bridgehead atoms. The van der Waals surface area contributed by atoms with Gasteiger partial charge < -0.3 is 14.6 Å². The Morgan fingerprint density at radius 2 is 2.00 bits per heavy atom. The summed E-state index contributed by atoms with van der Waals surface area (Å²) in [5.41, 5.74) is 1.85. The van der Waals surface area contributed by atoms with Crippen molar-refractivity contribution in [2.24, 2.45) is 5.10 Å². The molecule has 0 heterocycles. The first-order valence-electron chi connectivity index (χ1n) is 7.98. The highest BCUT2D eigenvalue weighted by Crippen LogP contribution is 2.40. The quantitative estimate of drug-likeness (QED) is 0.383. The Morgan fingerprint density at radius 1 is 1.28 bits per heavy atom. The van der Waals surface area contributed by atoms with E-state index in [-0.39, 0.29) is 11.5 Å². The molecule has 152 valence electrons. The van der Waals surface area contributed by atoms with Gasteiger partial charge in [-0.2, -0.15) is 5.10 Å². The number of phenolic OH excluding ortho intramolecular Hbond substituents is 1. The van der Waals surface area contributed by atoms with Crippen LogP contribution in [0.5, 0.6) is 17.2 Å². The number of nitro groups is 2. The molecule has 2 rings (SSSR count). The molecule has 0 radical (unpaired) electrons. The van der Waals surface area contributed by atoms with Gasteiger partial charge in [0, 0.05) is 5.56 Å². The summed E-state index contributed by atoms with van der Waals surface area (Å²) >= 11 is 0. The van der Waals surface area contributed by atoms with E-state index in [4.69, 9.17) is 9.47 Å². The third kappa shape index (κ3) is 5.15. The largest absolute Gasteiger partial charge is 0.507 e. The Kier molecular flexibility index (Phi) is 6.63. The third-order valence-electron chi connectivity index (χ3n) is 3.66. The summed E-state index contributed by atoms with van der Waals surface area (Å²) in [7, 11) is 1.15. The smallest absolute Gasteiger partial charge is 0.321 e. The Labute approximate surface area is 163 Å². The Hall–Kier alpha value is -4.22. The van der Waals surface area contributed by atoms with E-state index in [0.29, 0.717) is 17.2 Å². The first kappa shape index (κ1) is 21.1. The summed E-state index contributed by atoms with van der Waals surface area (Å²) in [5.74, 6) is -1.46. The van der Waals surface area contributed by atoms with Gasteiger partial charge in [-0.1, -0.05) is 12.1 Å². The van der Waals surface area contributed by atoms with Gasteiger partial charge in [0.25, 0.3) is 11.6 Å². The monoisotopic (exact) mass is 404 g/mol. The second-order valence-electron chi connectivity index (χ2n) is 5.61. The molecule has 12 nitrogen and oxygen atoms in total. The van der Waals surface area contributed by atoms with Gasteiger partial charge in [-0.15, -0.1) is 0 Å². The van der Waals surface area contributed by atoms with Crippen molar-refractivity contribution in [3.63, 3.8) is 0 Å². The number of carbonyl (C=O) groups excluding carboxylic acids is 1. The molecule has 29 heavy (non-hydrogen) atoms. The number of rotatable bonds is 8. The van der Waals surface area contributed by atoms with Crippen molar-refractivity contribution in [2.45, 2.75) is 6.92 Å². The van der Waals surface area contributed by atoms with Crippen molar-refractivity contribution in [1.29, 1.82) is 0 Å². The number of hydrazone groups is 1. The fourth-order valence-corrected chi connectivity index (χ4v) is 2.24. The molecule has 2 aromatic rings. The van der Waals surface area contributed by atoms with Crippen LogP contribution >= 0.6 is 0 Å². The number of nitrogens with zero attached hydrogens (tertiary/aromatic N) is 3. The van der Waals surface area contributed by atoms with E-state index in [0.717, 1.165) is 13.2 Å². The molecule has 0 aliphatic carbocycles. The number of aryl methyl sites for hydroxylation is 1. The van der Waals surface area contributed by atoms with Gasteiger partial charge in [0.05, 0.1) is 35.3 Å². The van der Waals surface area contributed by atoms with Gasteiger partial charge in [0.2, 0.25) is 5.75 Å². The van der Waals surface area contributed by atoms with E-state index in [2.05, 4.69) is 10.5 Å². The van der Waals surface area contributed by atoms with E-state index in [1.54, 1.807) is 25.1 Å². The van der Waals surface area contributed by atoms with Crippen molar-refractivity contribution in [3.05, 3.63) is 61.7 Å². The number of amides is 1. The molecular formula is C17H16N4O8. The van der Waals surface area contributed by atoms with Crippen molar-refractivity contribution < 1.29 is 29.2 Å². The van der Waals surface area contributed by atoms with Gasteiger partial charge in [-0.05, 0) is 18.6 Å². The number of hydrogen-bond donors (Lipinski definition) is 2. The van der Waals surface area contributed by atoms with E-state index < -0.39 is 39.5 Å². The van der Waals surface area contributed by atoms with Gasteiger partial charge in [0.15, 0.2) is 12.4 Å². The summed E-state index contributed by atoms with van der Waals surface area (Å²) in [6.07, 6.45) is 1.22. The van der Waals surface area contributed by atoms with E-state index >= 15 is 0 Å². The Morgan fingerprint density at radius 3 is 2.62 bits per heavy atom. The summed E-state index contributed by atoms with van der Waals surface area (Å²) < 4.78 is 10.0. The average molecular weight is 404 g/mol. The number of non-ortho nitro benzene ring substituents is 1. The fraction of sp³-hybridized carbons (Fsp3) is 0.176. The minimum Gasteiger partial charge on any atom is -0.507 e. The number of phenols is 1. The van der Waals surface area contributed by atoms with Crippen molar-refractivity contribution in [3.8, 4) is 17.2 Å². The predicted molar refractivity (Wildman–Crippen MR) is 100 cm³/mol. The molecule has 0 saturated carbocycles. The third-order valence-corrected chi connectivity index (χ3v) is 3.66. The first-order valence-corrected chi connectivity index (χ1v) is 7.98. The molecule has 0 spiro atoms. The molecule has 0 unspecified atom stereocenters. The molecule has 0 atom stereocenters. The molecule has 0 aromatic heterocycles. The number of para-hydroxylation sites is 1. The topological polar surface area (TPSA) is 166 Å². The Bertz CT molecular complexity index is 990. The predicted octanol–water partition coefficient (Wildman–Crippen LogP) is 2.05.